The van der Waals surface area contributed by atoms with Crippen LogP contribution in [0.5, 0.6) is 0 Å². The molecule has 1 fully saturated rings. The zero-order valence-corrected chi connectivity index (χ0v) is 13.8. The first-order valence-corrected chi connectivity index (χ1v) is 8.70. The number of aryl methyl sites for hydroxylation is 1. The number of hydrogen-bond donors (Lipinski definition) is 0. The topological polar surface area (TPSA) is 34.0 Å². The number of hydrogen-bond acceptors (Lipinski definition) is 4. The number of likely N-dealkylation sites (N-methyl/N-ethyl adjacent to an activating group) is 1. The summed E-state index contributed by atoms with van der Waals surface area (Å²) in [6, 6.07) is 8.39. The molecule has 1 saturated heterocycles. The Bertz CT molecular complexity index is 804. The van der Waals surface area contributed by atoms with Crippen LogP contribution in [0, 0.1) is 6.92 Å². The van der Waals surface area contributed by atoms with Gasteiger partial charge in [0.25, 0.3) is 0 Å². The second kappa shape index (κ2) is 5.48. The Morgan fingerprint density at radius 2 is 2.23 bits per heavy atom. The number of pyridine rings is 1. The normalized spacial score (nSPS) is 19.3. The highest BCUT2D eigenvalue weighted by Gasteiger charge is 2.28. The third-order valence-corrected chi connectivity index (χ3v) is 5.46. The molecule has 0 saturated carbocycles. The van der Waals surface area contributed by atoms with Gasteiger partial charge in [0.05, 0.1) is 0 Å². The molecule has 5 heteroatoms. The zero-order valence-electron chi connectivity index (χ0n) is 13.0. The van der Waals surface area contributed by atoms with Crippen LogP contribution >= 0.6 is 11.3 Å². The second-order valence-electron chi connectivity index (χ2n) is 5.91. The fourth-order valence-electron chi connectivity index (χ4n) is 3.29. The maximum Gasteiger partial charge on any atom is 0.165 e. The molecule has 0 bridgehead atoms. The van der Waals surface area contributed by atoms with Gasteiger partial charge in [-0.1, -0.05) is 6.92 Å². The van der Waals surface area contributed by atoms with E-state index in [2.05, 4.69) is 46.5 Å². The van der Waals surface area contributed by atoms with Crippen LogP contribution in [-0.2, 0) is 0 Å². The molecule has 1 aliphatic rings. The van der Waals surface area contributed by atoms with Crippen LogP contribution in [0.15, 0.2) is 30.5 Å². The summed E-state index contributed by atoms with van der Waals surface area (Å²) >= 11 is 1.81. The summed E-state index contributed by atoms with van der Waals surface area (Å²) in [4.78, 5) is 13.3. The molecular weight excluding hydrogens is 292 g/mol. The van der Waals surface area contributed by atoms with Gasteiger partial charge in [0.15, 0.2) is 5.65 Å². The van der Waals surface area contributed by atoms with E-state index in [1.165, 1.54) is 28.7 Å². The number of aromatic nitrogens is 3. The van der Waals surface area contributed by atoms with E-state index in [-0.39, 0.29) is 0 Å². The molecule has 0 aromatic carbocycles. The fourth-order valence-corrected chi connectivity index (χ4v) is 4.17. The summed E-state index contributed by atoms with van der Waals surface area (Å²) < 4.78 is 2.27. The Morgan fingerprint density at radius 1 is 1.32 bits per heavy atom. The fraction of sp³-hybridized carbons (Fsp3) is 0.412. The van der Waals surface area contributed by atoms with Crippen molar-refractivity contribution < 1.29 is 0 Å². The summed E-state index contributed by atoms with van der Waals surface area (Å²) in [6.45, 7) is 7.77. The standard InChI is InChI=1S/C17H20N4S/c1-3-20-10-8-13(11-20)16-19-14-5-4-9-18-17(14)21(16)15-7-6-12(2)22-15/h4-7,9,13H,3,8,10-11H2,1-2H3. The number of rotatable bonds is 3. The van der Waals surface area contributed by atoms with Crippen molar-refractivity contribution in [2.75, 3.05) is 19.6 Å². The molecule has 114 valence electrons. The van der Waals surface area contributed by atoms with Crippen LogP contribution in [0.2, 0.25) is 0 Å². The predicted molar refractivity (Wildman–Crippen MR) is 91.0 cm³/mol. The lowest BCUT2D eigenvalue weighted by Crippen LogP contribution is -2.20. The largest absolute Gasteiger partial charge is 0.303 e. The van der Waals surface area contributed by atoms with Crippen molar-refractivity contribution in [2.24, 2.45) is 0 Å². The Hall–Kier alpha value is -1.72. The van der Waals surface area contributed by atoms with E-state index >= 15 is 0 Å². The number of thiophene rings is 1. The summed E-state index contributed by atoms with van der Waals surface area (Å²) in [5.74, 6) is 1.67. The molecule has 1 unspecified atom stereocenters. The summed E-state index contributed by atoms with van der Waals surface area (Å²) in [5.41, 5.74) is 1.98. The summed E-state index contributed by atoms with van der Waals surface area (Å²) in [5, 5.41) is 1.23. The molecule has 0 spiro atoms. The number of imidazole rings is 1. The highest BCUT2D eigenvalue weighted by atomic mass is 32.1. The van der Waals surface area contributed by atoms with Crippen molar-refractivity contribution in [3.8, 4) is 5.00 Å². The van der Waals surface area contributed by atoms with Crippen molar-refractivity contribution in [3.05, 3.63) is 41.2 Å². The van der Waals surface area contributed by atoms with E-state index in [4.69, 9.17) is 4.98 Å². The average Bonchev–Trinajstić information content (AvgIpc) is 3.23. The average molecular weight is 312 g/mol. The van der Waals surface area contributed by atoms with Gasteiger partial charge in [-0.2, -0.15) is 0 Å². The van der Waals surface area contributed by atoms with E-state index in [1.54, 1.807) is 0 Å². The minimum atomic E-state index is 0.497. The second-order valence-corrected chi connectivity index (χ2v) is 7.18. The zero-order chi connectivity index (χ0) is 15.1. The maximum absolute atomic E-state index is 4.93. The van der Waals surface area contributed by atoms with Crippen LogP contribution in [0.25, 0.3) is 16.2 Å². The predicted octanol–water partition coefficient (Wildman–Crippen LogP) is 3.60. The molecule has 0 N–H and O–H groups in total. The molecule has 3 aromatic rings. The van der Waals surface area contributed by atoms with Crippen molar-refractivity contribution in [1.82, 2.24) is 19.4 Å². The molecule has 0 radical (unpaired) electrons. The van der Waals surface area contributed by atoms with Gasteiger partial charge >= 0.3 is 0 Å². The van der Waals surface area contributed by atoms with Crippen LogP contribution in [0.4, 0.5) is 0 Å². The molecular formula is C17H20N4S. The monoisotopic (exact) mass is 312 g/mol. The summed E-state index contributed by atoms with van der Waals surface area (Å²) in [6.07, 6.45) is 3.04. The Labute approximate surface area is 134 Å². The van der Waals surface area contributed by atoms with Gasteiger partial charge in [0.1, 0.15) is 16.3 Å². The number of nitrogens with zero attached hydrogens (tertiary/aromatic N) is 4. The molecule has 1 aliphatic heterocycles. The van der Waals surface area contributed by atoms with Gasteiger partial charge in [-0.3, -0.25) is 4.57 Å². The van der Waals surface area contributed by atoms with Gasteiger partial charge in [-0.05, 0) is 50.7 Å². The van der Waals surface area contributed by atoms with Crippen LogP contribution in [0.3, 0.4) is 0 Å². The van der Waals surface area contributed by atoms with Crippen LogP contribution in [0.1, 0.15) is 30.0 Å². The first-order valence-electron chi connectivity index (χ1n) is 7.89. The lowest BCUT2D eigenvalue weighted by molar-refractivity contribution is 0.352. The van der Waals surface area contributed by atoms with Crippen molar-refractivity contribution in [2.45, 2.75) is 26.2 Å². The van der Waals surface area contributed by atoms with Gasteiger partial charge in [0, 0.05) is 23.5 Å². The number of fused-ring (bicyclic) bond motifs is 1. The first kappa shape index (κ1) is 13.9. The Morgan fingerprint density at radius 3 is 2.95 bits per heavy atom. The molecule has 1 atom stereocenters. The van der Waals surface area contributed by atoms with Crippen molar-refractivity contribution in [1.29, 1.82) is 0 Å². The molecule has 3 aromatic heterocycles. The number of likely N-dealkylation sites (tertiary alicyclic amines) is 1. The smallest absolute Gasteiger partial charge is 0.165 e. The molecule has 4 rings (SSSR count). The van der Waals surface area contributed by atoms with E-state index in [1.807, 2.05) is 23.6 Å². The van der Waals surface area contributed by atoms with Gasteiger partial charge in [-0.25, -0.2) is 9.97 Å². The van der Waals surface area contributed by atoms with E-state index in [9.17, 15) is 0 Å². The Kier molecular flexibility index (Phi) is 3.47. The lowest BCUT2D eigenvalue weighted by Gasteiger charge is -2.14. The van der Waals surface area contributed by atoms with Gasteiger partial charge in [0.2, 0.25) is 0 Å². The van der Waals surface area contributed by atoms with Crippen molar-refractivity contribution >= 4 is 22.5 Å². The quantitative estimate of drug-likeness (QED) is 0.741. The minimum Gasteiger partial charge on any atom is -0.303 e. The highest BCUT2D eigenvalue weighted by Crippen LogP contribution is 2.33. The molecule has 0 aliphatic carbocycles. The van der Waals surface area contributed by atoms with E-state index in [0.29, 0.717) is 5.92 Å². The van der Waals surface area contributed by atoms with Crippen molar-refractivity contribution in [3.63, 3.8) is 0 Å². The molecule has 0 amide bonds. The highest BCUT2D eigenvalue weighted by molar-refractivity contribution is 7.14. The first-order chi connectivity index (χ1) is 10.8. The SMILES string of the molecule is CCN1CCC(c2nc3cccnc3n2-c2ccc(C)s2)C1. The van der Waals surface area contributed by atoms with E-state index < -0.39 is 0 Å². The minimum absolute atomic E-state index is 0.497. The molecule has 22 heavy (non-hydrogen) atoms. The molecule has 4 nitrogen and oxygen atoms in total. The third-order valence-electron chi connectivity index (χ3n) is 4.47. The van der Waals surface area contributed by atoms with Crippen LogP contribution in [-0.4, -0.2) is 39.1 Å². The van der Waals surface area contributed by atoms with Crippen LogP contribution < -0.4 is 0 Å². The maximum atomic E-state index is 4.93. The lowest BCUT2D eigenvalue weighted by atomic mass is 10.1. The van der Waals surface area contributed by atoms with Gasteiger partial charge < -0.3 is 4.90 Å². The summed E-state index contributed by atoms with van der Waals surface area (Å²) in [7, 11) is 0. The molecule has 4 heterocycles. The third kappa shape index (κ3) is 2.25. The van der Waals surface area contributed by atoms with Gasteiger partial charge in [-0.15, -0.1) is 11.3 Å². The Balaban J connectivity index is 1.87. The van der Waals surface area contributed by atoms with E-state index in [0.717, 1.165) is 24.3 Å².